The van der Waals surface area contributed by atoms with Crippen LogP contribution in [0.4, 0.5) is 0 Å². The molecule has 1 aliphatic heterocycles. The SMILES string of the molecule is CC(C1C[C@H](N)c2cc(Br)ccc2O1)C(C)(C)C. The van der Waals surface area contributed by atoms with Crippen molar-refractivity contribution in [2.45, 2.75) is 46.3 Å². The molecule has 2 nitrogen and oxygen atoms in total. The van der Waals surface area contributed by atoms with Gasteiger partial charge in [-0.15, -0.1) is 0 Å². The monoisotopic (exact) mass is 311 g/mol. The summed E-state index contributed by atoms with van der Waals surface area (Å²) in [5.41, 5.74) is 7.63. The zero-order chi connectivity index (χ0) is 13.5. The Kier molecular flexibility index (Phi) is 3.75. The van der Waals surface area contributed by atoms with Crippen molar-refractivity contribution < 1.29 is 4.74 Å². The second-order valence-electron chi connectivity index (χ2n) is 6.34. The smallest absolute Gasteiger partial charge is 0.124 e. The second kappa shape index (κ2) is 4.86. The molecule has 2 rings (SSSR count). The third-order valence-corrected chi connectivity index (χ3v) is 4.55. The quantitative estimate of drug-likeness (QED) is 0.840. The van der Waals surface area contributed by atoms with E-state index in [4.69, 9.17) is 10.5 Å². The lowest BCUT2D eigenvalue weighted by atomic mass is 9.76. The highest BCUT2D eigenvalue weighted by Gasteiger charge is 2.35. The highest BCUT2D eigenvalue weighted by Crippen LogP contribution is 2.40. The van der Waals surface area contributed by atoms with E-state index in [9.17, 15) is 0 Å². The fraction of sp³-hybridized carbons (Fsp3) is 0.600. The van der Waals surface area contributed by atoms with Crippen LogP contribution in [0.25, 0.3) is 0 Å². The molecular formula is C15H22BrNO. The van der Waals surface area contributed by atoms with E-state index < -0.39 is 0 Å². The summed E-state index contributed by atoms with van der Waals surface area (Å²) in [5.74, 6) is 1.42. The minimum atomic E-state index is 0.0704. The van der Waals surface area contributed by atoms with Crippen LogP contribution in [0.15, 0.2) is 22.7 Å². The Morgan fingerprint density at radius 1 is 1.39 bits per heavy atom. The summed E-state index contributed by atoms with van der Waals surface area (Å²) in [5, 5.41) is 0. The van der Waals surface area contributed by atoms with Crippen molar-refractivity contribution in [3.05, 3.63) is 28.2 Å². The van der Waals surface area contributed by atoms with Crippen LogP contribution in [0, 0.1) is 11.3 Å². The van der Waals surface area contributed by atoms with Gasteiger partial charge in [0.1, 0.15) is 11.9 Å². The molecule has 3 atom stereocenters. The fourth-order valence-corrected chi connectivity index (χ4v) is 2.75. The standard InChI is InChI=1S/C15H22BrNO/c1-9(15(2,3)4)14-8-12(17)11-7-10(16)5-6-13(11)18-14/h5-7,9,12,14H,8,17H2,1-4H3/t9?,12-,14?/m0/s1. The van der Waals surface area contributed by atoms with Crippen molar-refractivity contribution in [3.8, 4) is 5.75 Å². The van der Waals surface area contributed by atoms with Crippen LogP contribution in [0.5, 0.6) is 5.75 Å². The molecule has 0 aliphatic carbocycles. The predicted octanol–water partition coefficient (Wildman–Crippen LogP) is 4.28. The topological polar surface area (TPSA) is 35.2 Å². The van der Waals surface area contributed by atoms with Crippen LogP contribution >= 0.6 is 15.9 Å². The first kappa shape index (κ1) is 13.9. The summed E-state index contributed by atoms with van der Waals surface area (Å²) < 4.78 is 7.20. The van der Waals surface area contributed by atoms with Crippen LogP contribution in [0.2, 0.25) is 0 Å². The van der Waals surface area contributed by atoms with E-state index in [0.717, 1.165) is 22.2 Å². The van der Waals surface area contributed by atoms with Crippen LogP contribution in [-0.2, 0) is 0 Å². The molecule has 1 aromatic carbocycles. The van der Waals surface area contributed by atoms with Gasteiger partial charge in [-0.3, -0.25) is 0 Å². The van der Waals surface area contributed by atoms with Crippen LogP contribution in [-0.4, -0.2) is 6.10 Å². The van der Waals surface area contributed by atoms with E-state index in [1.54, 1.807) is 0 Å². The molecule has 0 bridgehead atoms. The Bertz CT molecular complexity index is 439. The first-order chi connectivity index (χ1) is 8.29. The Morgan fingerprint density at radius 2 is 2.06 bits per heavy atom. The average Bonchev–Trinajstić information content (AvgIpc) is 2.27. The summed E-state index contributed by atoms with van der Waals surface area (Å²) in [6, 6.07) is 6.16. The first-order valence-electron chi connectivity index (χ1n) is 6.50. The Balaban J connectivity index is 2.26. The molecule has 0 fully saturated rings. The van der Waals surface area contributed by atoms with Crippen LogP contribution < -0.4 is 10.5 Å². The van der Waals surface area contributed by atoms with Gasteiger partial charge in [0, 0.05) is 22.5 Å². The summed E-state index contributed by atoms with van der Waals surface area (Å²) in [6.07, 6.45) is 1.09. The minimum absolute atomic E-state index is 0.0704. The molecule has 3 heteroatoms. The van der Waals surface area contributed by atoms with Crippen molar-refractivity contribution in [3.63, 3.8) is 0 Å². The van der Waals surface area contributed by atoms with Gasteiger partial charge in [0.05, 0.1) is 0 Å². The Morgan fingerprint density at radius 3 is 2.67 bits per heavy atom. The molecule has 0 spiro atoms. The van der Waals surface area contributed by atoms with E-state index in [2.05, 4.69) is 49.7 Å². The van der Waals surface area contributed by atoms with Gasteiger partial charge in [-0.2, -0.15) is 0 Å². The Labute approximate surface area is 118 Å². The van der Waals surface area contributed by atoms with Gasteiger partial charge < -0.3 is 10.5 Å². The second-order valence-corrected chi connectivity index (χ2v) is 7.25. The van der Waals surface area contributed by atoms with Gasteiger partial charge >= 0.3 is 0 Å². The van der Waals surface area contributed by atoms with Gasteiger partial charge in [-0.05, 0) is 29.5 Å². The first-order valence-corrected chi connectivity index (χ1v) is 7.30. The van der Waals surface area contributed by atoms with E-state index in [-0.39, 0.29) is 17.6 Å². The predicted molar refractivity (Wildman–Crippen MR) is 78.7 cm³/mol. The minimum Gasteiger partial charge on any atom is -0.490 e. The molecular weight excluding hydrogens is 290 g/mol. The molecule has 0 radical (unpaired) electrons. The molecule has 1 aliphatic rings. The van der Waals surface area contributed by atoms with E-state index in [0.29, 0.717) is 5.92 Å². The molecule has 0 saturated carbocycles. The molecule has 0 aromatic heterocycles. The lowest BCUT2D eigenvalue weighted by molar-refractivity contribution is 0.0502. The van der Waals surface area contributed by atoms with E-state index >= 15 is 0 Å². The van der Waals surface area contributed by atoms with E-state index in [1.165, 1.54) is 0 Å². The van der Waals surface area contributed by atoms with Crippen molar-refractivity contribution in [1.82, 2.24) is 0 Å². The third-order valence-electron chi connectivity index (χ3n) is 4.06. The molecule has 18 heavy (non-hydrogen) atoms. The molecule has 1 heterocycles. The number of benzene rings is 1. The van der Waals surface area contributed by atoms with Gasteiger partial charge in [-0.25, -0.2) is 0 Å². The summed E-state index contributed by atoms with van der Waals surface area (Å²) >= 11 is 3.48. The third kappa shape index (κ3) is 2.72. The molecule has 100 valence electrons. The lowest BCUT2D eigenvalue weighted by Crippen LogP contribution is -2.39. The summed E-state index contributed by atoms with van der Waals surface area (Å²) in [7, 11) is 0. The number of halogens is 1. The number of ether oxygens (including phenoxy) is 1. The molecule has 2 unspecified atom stereocenters. The maximum absolute atomic E-state index is 6.29. The van der Waals surface area contributed by atoms with Gasteiger partial charge in [0.2, 0.25) is 0 Å². The molecule has 2 N–H and O–H groups in total. The lowest BCUT2D eigenvalue weighted by Gasteiger charge is -2.39. The number of hydrogen-bond acceptors (Lipinski definition) is 2. The molecule has 1 aromatic rings. The highest BCUT2D eigenvalue weighted by atomic mass is 79.9. The van der Waals surface area contributed by atoms with E-state index in [1.807, 2.05) is 12.1 Å². The fourth-order valence-electron chi connectivity index (χ4n) is 2.37. The largest absolute Gasteiger partial charge is 0.490 e. The number of nitrogens with two attached hydrogens (primary N) is 1. The zero-order valence-electron chi connectivity index (χ0n) is 11.5. The number of rotatable bonds is 1. The summed E-state index contributed by atoms with van der Waals surface area (Å²) in [4.78, 5) is 0. The maximum atomic E-state index is 6.29. The van der Waals surface area contributed by atoms with Crippen molar-refractivity contribution in [2.24, 2.45) is 17.1 Å². The summed E-state index contributed by atoms with van der Waals surface area (Å²) in [6.45, 7) is 9.01. The van der Waals surface area contributed by atoms with Crippen LogP contribution in [0.3, 0.4) is 0 Å². The van der Waals surface area contributed by atoms with Gasteiger partial charge in [0.25, 0.3) is 0 Å². The van der Waals surface area contributed by atoms with Gasteiger partial charge in [0.15, 0.2) is 0 Å². The van der Waals surface area contributed by atoms with Crippen molar-refractivity contribution in [2.75, 3.05) is 0 Å². The average molecular weight is 312 g/mol. The maximum Gasteiger partial charge on any atom is 0.124 e. The normalized spacial score (nSPS) is 25.2. The number of hydrogen-bond donors (Lipinski definition) is 1. The Hall–Kier alpha value is -0.540. The van der Waals surface area contributed by atoms with Crippen molar-refractivity contribution in [1.29, 1.82) is 0 Å². The van der Waals surface area contributed by atoms with Crippen LogP contribution in [0.1, 0.15) is 45.7 Å². The number of fused-ring (bicyclic) bond motifs is 1. The molecule has 0 amide bonds. The highest BCUT2D eigenvalue weighted by molar-refractivity contribution is 9.10. The molecule has 0 saturated heterocycles. The van der Waals surface area contributed by atoms with Crippen molar-refractivity contribution >= 4 is 15.9 Å². The zero-order valence-corrected chi connectivity index (χ0v) is 13.1. The van der Waals surface area contributed by atoms with Gasteiger partial charge in [-0.1, -0.05) is 43.6 Å².